The lowest BCUT2D eigenvalue weighted by Crippen LogP contribution is -2.43. The molecule has 0 atom stereocenters. The lowest BCUT2D eigenvalue weighted by Gasteiger charge is -2.28. The quantitative estimate of drug-likeness (QED) is 0.868. The second kappa shape index (κ2) is 6.55. The minimum absolute atomic E-state index is 0.0321. The monoisotopic (exact) mass is 310 g/mol. The van der Waals surface area contributed by atoms with Crippen LogP contribution in [0.4, 0.5) is 0 Å². The van der Waals surface area contributed by atoms with Gasteiger partial charge >= 0.3 is 0 Å². The van der Waals surface area contributed by atoms with Crippen LogP contribution in [0.15, 0.2) is 18.2 Å². The van der Waals surface area contributed by atoms with E-state index >= 15 is 0 Å². The van der Waals surface area contributed by atoms with E-state index in [4.69, 9.17) is 29.6 Å². The second-order valence-electron chi connectivity index (χ2n) is 5.35. The van der Waals surface area contributed by atoms with Crippen molar-refractivity contribution < 1.29 is 4.79 Å². The normalized spacial score (nSPS) is 15.3. The Morgan fingerprint density at radius 2 is 2.05 bits per heavy atom. The van der Waals surface area contributed by atoms with Gasteiger partial charge in [-0.2, -0.15) is 0 Å². The summed E-state index contributed by atoms with van der Waals surface area (Å²) in [6.45, 7) is 2.26. The number of amides is 1. The van der Waals surface area contributed by atoms with E-state index in [1.165, 1.54) is 0 Å². The van der Waals surface area contributed by atoms with E-state index < -0.39 is 0 Å². The highest BCUT2D eigenvalue weighted by atomic mass is 35.5. The number of nitrogens with zero attached hydrogens (tertiary/aromatic N) is 1. The van der Waals surface area contributed by atoms with E-state index in [0.29, 0.717) is 22.1 Å². The van der Waals surface area contributed by atoms with Crippen LogP contribution in [0.2, 0.25) is 5.02 Å². The molecule has 1 saturated carbocycles. The van der Waals surface area contributed by atoms with Crippen LogP contribution in [-0.2, 0) is 0 Å². The van der Waals surface area contributed by atoms with E-state index in [2.05, 4.69) is 0 Å². The molecule has 0 unspecified atom stereocenters. The van der Waals surface area contributed by atoms with Crippen LogP contribution in [-0.4, -0.2) is 28.4 Å². The first-order valence-electron chi connectivity index (χ1n) is 6.84. The Bertz CT molecular complexity index is 506. The molecule has 1 aromatic carbocycles. The molecule has 1 fully saturated rings. The zero-order valence-corrected chi connectivity index (χ0v) is 13.1. The van der Waals surface area contributed by atoms with Crippen molar-refractivity contribution in [2.45, 2.75) is 38.6 Å². The third kappa shape index (κ3) is 3.70. The van der Waals surface area contributed by atoms with Crippen molar-refractivity contribution in [3.63, 3.8) is 0 Å². The van der Waals surface area contributed by atoms with Gasteiger partial charge in [-0.1, -0.05) is 36.7 Å². The standard InChI is InChI=1S/C15H19ClN2OS/c1-10-6-11(8-12(16)7-10)15(19)18(9-14(17)20)13-4-2-3-5-13/h6-8,13H,2-5,9H2,1H3,(H2,17,20). The van der Waals surface area contributed by atoms with Gasteiger partial charge in [0, 0.05) is 16.6 Å². The molecular formula is C15H19ClN2OS. The fourth-order valence-electron chi connectivity index (χ4n) is 2.78. The van der Waals surface area contributed by atoms with Crippen LogP contribution in [0, 0.1) is 6.92 Å². The van der Waals surface area contributed by atoms with E-state index in [9.17, 15) is 4.79 Å². The third-order valence-corrected chi connectivity index (χ3v) is 3.99. The summed E-state index contributed by atoms with van der Waals surface area (Å²) < 4.78 is 0. The summed E-state index contributed by atoms with van der Waals surface area (Å²) in [6, 6.07) is 5.64. The summed E-state index contributed by atoms with van der Waals surface area (Å²) in [7, 11) is 0. The molecule has 108 valence electrons. The molecule has 0 aliphatic heterocycles. The Balaban J connectivity index is 2.26. The summed E-state index contributed by atoms with van der Waals surface area (Å²) in [4.78, 5) is 14.9. The van der Waals surface area contributed by atoms with Crippen molar-refractivity contribution in [1.29, 1.82) is 0 Å². The largest absolute Gasteiger partial charge is 0.392 e. The van der Waals surface area contributed by atoms with Crippen molar-refractivity contribution in [2.75, 3.05) is 6.54 Å². The number of halogens is 1. The molecule has 2 N–H and O–H groups in total. The van der Waals surface area contributed by atoms with Crippen molar-refractivity contribution >= 4 is 34.7 Å². The number of rotatable bonds is 4. The van der Waals surface area contributed by atoms with E-state index in [0.717, 1.165) is 31.2 Å². The van der Waals surface area contributed by atoms with Gasteiger partial charge in [0.05, 0.1) is 11.5 Å². The number of benzene rings is 1. The zero-order valence-electron chi connectivity index (χ0n) is 11.6. The lowest BCUT2D eigenvalue weighted by molar-refractivity contribution is 0.0714. The summed E-state index contributed by atoms with van der Waals surface area (Å²) in [5, 5.41) is 0.579. The zero-order chi connectivity index (χ0) is 14.7. The summed E-state index contributed by atoms with van der Waals surface area (Å²) >= 11 is 11.0. The molecule has 20 heavy (non-hydrogen) atoms. The molecule has 1 amide bonds. The van der Waals surface area contributed by atoms with Gasteiger partial charge in [0.1, 0.15) is 0 Å². The van der Waals surface area contributed by atoms with Crippen molar-refractivity contribution in [3.8, 4) is 0 Å². The SMILES string of the molecule is Cc1cc(Cl)cc(C(=O)N(CC(N)=S)C2CCCC2)c1. The Morgan fingerprint density at radius 3 is 2.60 bits per heavy atom. The maximum absolute atomic E-state index is 12.7. The number of carbonyl (C=O) groups excluding carboxylic acids is 1. The first-order valence-corrected chi connectivity index (χ1v) is 7.62. The van der Waals surface area contributed by atoms with Gasteiger partial charge in [-0.15, -0.1) is 0 Å². The highest BCUT2D eigenvalue weighted by Gasteiger charge is 2.28. The van der Waals surface area contributed by atoms with Gasteiger partial charge in [0.2, 0.25) is 0 Å². The molecule has 0 bridgehead atoms. The van der Waals surface area contributed by atoms with Crippen LogP contribution in [0.25, 0.3) is 0 Å². The highest BCUT2D eigenvalue weighted by molar-refractivity contribution is 7.80. The molecule has 5 heteroatoms. The van der Waals surface area contributed by atoms with Crippen LogP contribution in [0.5, 0.6) is 0 Å². The van der Waals surface area contributed by atoms with Crippen molar-refractivity contribution in [2.24, 2.45) is 5.73 Å². The predicted octanol–water partition coefficient (Wildman–Crippen LogP) is 3.32. The van der Waals surface area contributed by atoms with E-state index in [-0.39, 0.29) is 11.9 Å². The Morgan fingerprint density at radius 1 is 1.40 bits per heavy atom. The van der Waals surface area contributed by atoms with E-state index in [1.54, 1.807) is 11.0 Å². The highest BCUT2D eigenvalue weighted by Crippen LogP contribution is 2.25. The molecule has 0 saturated heterocycles. The average Bonchev–Trinajstić information content (AvgIpc) is 2.87. The van der Waals surface area contributed by atoms with Crippen LogP contribution < -0.4 is 5.73 Å². The number of thiocarbonyl (C=S) groups is 1. The molecule has 0 heterocycles. The lowest BCUT2D eigenvalue weighted by atomic mass is 10.1. The molecule has 0 spiro atoms. The van der Waals surface area contributed by atoms with Gasteiger partial charge in [-0.25, -0.2) is 0 Å². The minimum atomic E-state index is -0.0321. The molecule has 0 aromatic heterocycles. The molecule has 2 rings (SSSR count). The number of carbonyl (C=O) groups is 1. The molecule has 0 radical (unpaired) electrons. The molecular weight excluding hydrogens is 292 g/mol. The Labute approximate surface area is 130 Å². The Kier molecular flexibility index (Phi) is 5.00. The third-order valence-electron chi connectivity index (χ3n) is 3.64. The number of aryl methyl sites for hydroxylation is 1. The average molecular weight is 311 g/mol. The van der Waals surface area contributed by atoms with Crippen molar-refractivity contribution in [1.82, 2.24) is 4.90 Å². The second-order valence-corrected chi connectivity index (χ2v) is 6.32. The fourth-order valence-corrected chi connectivity index (χ4v) is 3.20. The summed E-state index contributed by atoms with van der Waals surface area (Å²) in [6.07, 6.45) is 4.35. The van der Waals surface area contributed by atoms with Crippen LogP contribution in [0.1, 0.15) is 41.6 Å². The number of hydrogen-bond donors (Lipinski definition) is 1. The fraction of sp³-hybridized carbons (Fsp3) is 0.467. The van der Waals surface area contributed by atoms with Gasteiger partial charge < -0.3 is 10.6 Å². The number of nitrogens with two attached hydrogens (primary N) is 1. The maximum atomic E-state index is 12.7. The van der Waals surface area contributed by atoms with Gasteiger partial charge in [0.15, 0.2) is 0 Å². The first kappa shape index (κ1) is 15.3. The maximum Gasteiger partial charge on any atom is 0.254 e. The predicted molar refractivity (Wildman–Crippen MR) is 86.3 cm³/mol. The minimum Gasteiger partial charge on any atom is -0.392 e. The Hall–Kier alpha value is -1.13. The molecule has 1 aromatic rings. The summed E-state index contributed by atoms with van der Waals surface area (Å²) in [5.74, 6) is -0.0321. The molecule has 1 aliphatic rings. The number of hydrogen-bond acceptors (Lipinski definition) is 2. The summed E-state index contributed by atoms with van der Waals surface area (Å²) in [5.41, 5.74) is 7.23. The van der Waals surface area contributed by atoms with Crippen molar-refractivity contribution in [3.05, 3.63) is 34.3 Å². The molecule has 1 aliphatic carbocycles. The molecule has 3 nitrogen and oxygen atoms in total. The van der Waals surface area contributed by atoms with Gasteiger partial charge in [-0.3, -0.25) is 4.79 Å². The first-order chi connectivity index (χ1) is 9.47. The van der Waals surface area contributed by atoms with E-state index in [1.807, 2.05) is 19.1 Å². The van der Waals surface area contributed by atoms with Gasteiger partial charge in [-0.05, 0) is 43.5 Å². The van der Waals surface area contributed by atoms with Crippen LogP contribution >= 0.6 is 23.8 Å². The van der Waals surface area contributed by atoms with Gasteiger partial charge in [0.25, 0.3) is 5.91 Å². The smallest absolute Gasteiger partial charge is 0.254 e. The topological polar surface area (TPSA) is 46.3 Å². The van der Waals surface area contributed by atoms with Crippen LogP contribution in [0.3, 0.4) is 0 Å².